The summed E-state index contributed by atoms with van der Waals surface area (Å²) in [5.41, 5.74) is 0.253. The zero-order valence-corrected chi connectivity index (χ0v) is 13.7. The van der Waals surface area contributed by atoms with Gasteiger partial charge in [0, 0.05) is 11.0 Å². The van der Waals surface area contributed by atoms with Crippen molar-refractivity contribution in [1.82, 2.24) is 15.5 Å². The maximum absolute atomic E-state index is 5.69. The van der Waals surface area contributed by atoms with Crippen molar-refractivity contribution in [3.8, 4) is 0 Å². The van der Waals surface area contributed by atoms with Crippen LogP contribution in [0.3, 0.4) is 0 Å². The van der Waals surface area contributed by atoms with Crippen LogP contribution in [0.4, 0.5) is 0 Å². The molecule has 0 amide bonds. The summed E-state index contributed by atoms with van der Waals surface area (Å²) in [6, 6.07) is 0. The Morgan fingerprint density at radius 2 is 1.53 bits per heavy atom. The average molecular weight is 267 g/mol. The number of nitrogens with zero attached hydrogens (tertiary/aromatic N) is 2. The first-order chi connectivity index (χ1) is 8.39. The molecule has 0 unspecified atom stereocenters. The molecule has 0 atom stereocenters. The van der Waals surface area contributed by atoms with Crippen LogP contribution in [0.15, 0.2) is 4.42 Å². The minimum Gasteiger partial charge on any atom is -0.423 e. The highest BCUT2D eigenvalue weighted by Crippen LogP contribution is 2.27. The summed E-state index contributed by atoms with van der Waals surface area (Å²) in [6.45, 7) is 18.0. The van der Waals surface area contributed by atoms with Crippen molar-refractivity contribution >= 4 is 0 Å². The van der Waals surface area contributed by atoms with Gasteiger partial charge in [0.25, 0.3) is 0 Å². The monoisotopic (exact) mass is 267 g/mol. The van der Waals surface area contributed by atoms with E-state index in [1.54, 1.807) is 0 Å². The number of hydrogen-bond acceptors (Lipinski definition) is 4. The summed E-state index contributed by atoms with van der Waals surface area (Å²) in [7, 11) is 0. The highest BCUT2D eigenvalue weighted by Gasteiger charge is 2.26. The lowest BCUT2D eigenvalue weighted by Gasteiger charge is -2.33. The van der Waals surface area contributed by atoms with Crippen LogP contribution in [-0.2, 0) is 12.0 Å². The number of aromatic nitrogens is 2. The highest BCUT2D eigenvalue weighted by molar-refractivity contribution is 4.96. The fraction of sp³-hybridized carbons (Fsp3) is 0.867. The van der Waals surface area contributed by atoms with E-state index >= 15 is 0 Å². The van der Waals surface area contributed by atoms with Gasteiger partial charge in [-0.3, -0.25) is 0 Å². The normalized spacial score (nSPS) is 13.9. The third-order valence-electron chi connectivity index (χ3n) is 2.80. The fourth-order valence-corrected chi connectivity index (χ4v) is 2.33. The molecule has 1 rings (SSSR count). The second-order valence-corrected chi connectivity index (χ2v) is 8.23. The van der Waals surface area contributed by atoms with E-state index in [0.29, 0.717) is 23.7 Å². The Labute approximate surface area is 117 Å². The van der Waals surface area contributed by atoms with Gasteiger partial charge in [0.1, 0.15) is 0 Å². The maximum Gasteiger partial charge on any atom is 0.230 e. The standard InChI is InChI=1S/C15H29N3O/c1-13(2,3)10-15(7,8)16-9-11-17-18-12(19-11)14(4,5)6/h16H,9-10H2,1-8H3. The summed E-state index contributed by atoms with van der Waals surface area (Å²) in [5, 5.41) is 11.7. The van der Waals surface area contributed by atoms with Crippen molar-refractivity contribution in [2.24, 2.45) is 5.41 Å². The summed E-state index contributed by atoms with van der Waals surface area (Å²) in [6.07, 6.45) is 1.08. The molecule has 4 heteroatoms. The van der Waals surface area contributed by atoms with Gasteiger partial charge < -0.3 is 9.73 Å². The molecular weight excluding hydrogens is 238 g/mol. The molecule has 0 aliphatic carbocycles. The molecule has 0 fully saturated rings. The van der Waals surface area contributed by atoms with E-state index in [4.69, 9.17) is 4.42 Å². The van der Waals surface area contributed by atoms with Crippen molar-refractivity contribution in [3.63, 3.8) is 0 Å². The van der Waals surface area contributed by atoms with Gasteiger partial charge in [-0.15, -0.1) is 10.2 Å². The van der Waals surface area contributed by atoms with E-state index < -0.39 is 0 Å². The summed E-state index contributed by atoms with van der Waals surface area (Å²) in [4.78, 5) is 0. The van der Waals surface area contributed by atoms with E-state index in [9.17, 15) is 0 Å². The molecule has 1 heterocycles. The summed E-state index contributed by atoms with van der Waals surface area (Å²) < 4.78 is 5.69. The first-order valence-corrected chi connectivity index (χ1v) is 6.97. The molecule has 0 saturated carbocycles. The van der Waals surface area contributed by atoms with Gasteiger partial charge in [-0.05, 0) is 25.7 Å². The van der Waals surface area contributed by atoms with Crippen LogP contribution in [-0.4, -0.2) is 15.7 Å². The van der Waals surface area contributed by atoms with E-state index in [2.05, 4.69) is 70.9 Å². The smallest absolute Gasteiger partial charge is 0.230 e. The average Bonchev–Trinajstić information content (AvgIpc) is 2.58. The predicted octanol–water partition coefficient (Wildman–Crippen LogP) is 3.67. The molecule has 0 spiro atoms. The van der Waals surface area contributed by atoms with Gasteiger partial charge in [0.15, 0.2) is 0 Å². The van der Waals surface area contributed by atoms with Crippen molar-refractivity contribution in [2.45, 2.75) is 79.3 Å². The third kappa shape index (κ3) is 5.72. The fourth-order valence-electron chi connectivity index (χ4n) is 2.33. The molecule has 0 bridgehead atoms. The van der Waals surface area contributed by atoms with Crippen LogP contribution in [0.25, 0.3) is 0 Å². The molecule has 4 nitrogen and oxygen atoms in total. The Hall–Kier alpha value is -0.900. The molecule has 1 aromatic rings. The third-order valence-corrected chi connectivity index (χ3v) is 2.80. The van der Waals surface area contributed by atoms with Crippen molar-refractivity contribution < 1.29 is 4.42 Å². The van der Waals surface area contributed by atoms with Crippen LogP contribution in [0.1, 0.15) is 73.6 Å². The Balaban J connectivity index is 2.60. The second kappa shape index (κ2) is 5.23. The van der Waals surface area contributed by atoms with E-state index in [0.717, 1.165) is 6.42 Å². The molecule has 0 aliphatic heterocycles. The Morgan fingerprint density at radius 1 is 0.947 bits per heavy atom. The number of hydrogen-bond donors (Lipinski definition) is 1. The maximum atomic E-state index is 5.69. The molecule has 0 radical (unpaired) electrons. The molecule has 1 N–H and O–H groups in total. The van der Waals surface area contributed by atoms with Crippen LogP contribution in [0, 0.1) is 5.41 Å². The van der Waals surface area contributed by atoms with Crippen LogP contribution >= 0.6 is 0 Å². The molecule has 0 aliphatic rings. The largest absolute Gasteiger partial charge is 0.423 e. The lowest BCUT2D eigenvalue weighted by molar-refractivity contribution is 0.232. The van der Waals surface area contributed by atoms with E-state index in [1.165, 1.54) is 0 Å². The zero-order valence-electron chi connectivity index (χ0n) is 13.7. The molecule has 110 valence electrons. The SMILES string of the molecule is CC(C)(C)CC(C)(C)NCc1nnc(C(C)(C)C)o1. The first-order valence-electron chi connectivity index (χ1n) is 6.97. The molecule has 0 aromatic carbocycles. The summed E-state index contributed by atoms with van der Waals surface area (Å²) in [5.74, 6) is 1.35. The molecule has 1 aromatic heterocycles. The van der Waals surface area contributed by atoms with Crippen LogP contribution < -0.4 is 5.32 Å². The van der Waals surface area contributed by atoms with Gasteiger partial charge in [0.2, 0.25) is 11.8 Å². The second-order valence-electron chi connectivity index (χ2n) is 8.23. The van der Waals surface area contributed by atoms with Crippen LogP contribution in [0.2, 0.25) is 0 Å². The minimum absolute atomic E-state index is 0.0502. The van der Waals surface area contributed by atoms with Gasteiger partial charge in [-0.25, -0.2) is 0 Å². The predicted molar refractivity (Wildman–Crippen MR) is 78.0 cm³/mol. The van der Waals surface area contributed by atoms with Gasteiger partial charge in [-0.2, -0.15) is 0 Å². The van der Waals surface area contributed by atoms with Crippen molar-refractivity contribution in [3.05, 3.63) is 11.8 Å². The Bertz CT molecular complexity index is 408. The quantitative estimate of drug-likeness (QED) is 0.904. The lowest BCUT2D eigenvalue weighted by atomic mass is 9.82. The van der Waals surface area contributed by atoms with Gasteiger partial charge >= 0.3 is 0 Å². The highest BCUT2D eigenvalue weighted by atomic mass is 16.4. The van der Waals surface area contributed by atoms with Crippen LogP contribution in [0.5, 0.6) is 0 Å². The lowest BCUT2D eigenvalue weighted by Crippen LogP contribution is -2.41. The molecule has 0 saturated heterocycles. The number of rotatable bonds is 4. The van der Waals surface area contributed by atoms with Crippen molar-refractivity contribution in [1.29, 1.82) is 0 Å². The van der Waals surface area contributed by atoms with E-state index in [-0.39, 0.29) is 11.0 Å². The minimum atomic E-state index is -0.0911. The van der Waals surface area contributed by atoms with Gasteiger partial charge in [0.05, 0.1) is 6.54 Å². The zero-order chi connectivity index (χ0) is 14.9. The van der Waals surface area contributed by atoms with Crippen molar-refractivity contribution in [2.75, 3.05) is 0 Å². The molecular formula is C15H29N3O. The Kier molecular flexibility index (Phi) is 4.45. The topological polar surface area (TPSA) is 51.0 Å². The summed E-state index contributed by atoms with van der Waals surface area (Å²) >= 11 is 0. The first kappa shape index (κ1) is 16.2. The van der Waals surface area contributed by atoms with E-state index in [1.807, 2.05) is 0 Å². The molecule has 19 heavy (non-hydrogen) atoms. The Morgan fingerprint density at radius 3 is 1.95 bits per heavy atom. The van der Waals surface area contributed by atoms with Gasteiger partial charge in [-0.1, -0.05) is 41.5 Å². The number of nitrogens with one attached hydrogen (secondary N) is 1.